The van der Waals surface area contributed by atoms with E-state index in [4.69, 9.17) is 14.2 Å². The topological polar surface area (TPSA) is 113 Å². The van der Waals surface area contributed by atoms with Gasteiger partial charge in [0, 0.05) is 11.4 Å². The highest BCUT2D eigenvalue weighted by atomic mass is 32.1. The van der Waals surface area contributed by atoms with Crippen molar-refractivity contribution >= 4 is 22.9 Å². The Kier molecular flexibility index (Phi) is 7.61. The van der Waals surface area contributed by atoms with E-state index in [1.807, 2.05) is 37.4 Å². The number of nitrogens with zero attached hydrogens (tertiary/aromatic N) is 2. The van der Waals surface area contributed by atoms with Gasteiger partial charge in [0.15, 0.2) is 11.5 Å². The van der Waals surface area contributed by atoms with Crippen LogP contribution in [0, 0.1) is 24.0 Å². The van der Waals surface area contributed by atoms with Gasteiger partial charge in [-0.25, -0.2) is 4.98 Å². The Balaban J connectivity index is 1.69. The number of nitro groups is 1. The Hall–Kier alpha value is -3.66. The number of carbonyl (C=O) groups is 1. The summed E-state index contributed by atoms with van der Waals surface area (Å²) < 4.78 is 16.7. The minimum atomic E-state index is -0.628. The van der Waals surface area contributed by atoms with E-state index < -0.39 is 10.8 Å². The van der Waals surface area contributed by atoms with Crippen molar-refractivity contribution in [1.82, 2.24) is 10.3 Å². The molecule has 0 aliphatic rings. The minimum Gasteiger partial charge on any atom is -0.493 e. The van der Waals surface area contributed by atoms with E-state index in [1.165, 1.54) is 30.6 Å². The highest BCUT2D eigenvalue weighted by Crippen LogP contribution is 2.35. The summed E-state index contributed by atoms with van der Waals surface area (Å²) in [6.45, 7) is 4.40. The fourth-order valence-electron chi connectivity index (χ4n) is 3.05. The van der Waals surface area contributed by atoms with Crippen molar-refractivity contribution in [3.63, 3.8) is 0 Å². The highest BCUT2D eigenvalue weighted by molar-refractivity contribution is 7.07. The Morgan fingerprint density at radius 3 is 2.56 bits per heavy atom. The zero-order valence-corrected chi connectivity index (χ0v) is 18.7. The Labute approximate surface area is 189 Å². The molecule has 2 aromatic carbocycles. The van der Waals surface area contributed by atoms with Crippen LogP contribution in [0.2, 0.25) is 0 Å². The molecular weight excluding hydrogens is 434 g/mol. The van der Waals surface area contributed by atoms with Crippen LogP contribution in [0.3, 0.4) is 0 Å². The maximum Gasteiger partial charge on any atom is 0.286 e. The van der Waals surface area contributed by atoms with Gasteiger partial charge in [-0.3, -0.25) is 14.9 Å². The number of amides is 1. The molecule has 1 aromatic heterocycles. The van der Waals surface area contributed by atoms with Gasteiger partial charge in [-0.15, -0.1) is 11.3 Å². The lowest BCUT2D eigenvalue weighted by atomic mass is 10.1. The standard InChI is InChI=1S/C22H23N3O6S/c1-14-5-4-6-15(2)21(14)30-8-7-23-22(26)17-9-19(29-3)20(10-18(17)25(27)28)31-11-16-12-32-13-24-16/h4-6,9-10,12-13H,7-8,11H2,1-3H3,(H,23,26). The average Bonchev–Trinajstić information content (AvgIpc) is 3.29. The summed E-state index contributed by atoms with van der Waals surface area (Å²) in [6.07, 6.45) is 0. The fourth-order valence-corrected chi connectivity index (χ4v) is 3.60. The van der Waals surface area contributed by atoms with Crippen LogP contribution in [0.1, 0.15) is 27.2 Å². The second kappa shape index (κ2) is 10.6. The Morgan fingerprint density at radius 2 is 1.94 bits per heavy atom. The van der Waals surface area contributed by atoms with Crippen LogP contribution in [-0.2, 0) is 6.61 Å². The molecule has 3 aromatic rings. The monoisotopic (exact) mass is 457 g/mol. The largest absolute Gasteiger partial charge is 0.493 e. The van der Waals surface area contributed by atoms with Crippen LogP contribution < -0.4 is 19.5 Å². The number of nitro benzene ring substituents is 1. The van der Waals surface area contributed by atoms with Gasteiger partial charge >= 0.3 is 0 Å². The zero-order chi connectivity index (χ0) is 23.1. The van der Waals surface area contributed by atoms with Crippen LogP contribution in [0.5, 0.6) is 17.2 Å². The van der Waals surface area contributed by atoms with Crippen molar-refractivity contribution in [3.05, 3.63) is 73.7 Å². The third-order valence-corrected chi connectivity index (χ3v) is 5.26. The van der Waals surface area contributed by atoms with Gasteiger partial charge in [0.25, 0.3) is 11.6 Å². The molecular formula is C22H23N3O6S. The number of para-hydroxylation sites is 1. The van der Waals surface area contributed by atoms with Crippen molar-refractivity contribution in [2.45, 2.75) is 20.5 Å². The highest BCUT2D eigenvalue weighted by Gasteiger charge is 2.25. The average molecular weight is 458 g/mol. The number of hydrogen-bond acceptors (Lipinski definition) is 8. The van der Waals surface area contributed by atoms with Gasteiger partial charge < -0.3 is 19.5 Å². The van der Waals surface area contributed by atoms with Crippen molar-refractivity contribution in [1.29, 1.82) is 0 Å². The number of ether oxygens (including phenoxy) is 3. The summed E-state index contributed by atoms with van der Waals surface area (Å²) in [5, 5.41) is 16.1. The molecule has 0 saturated heterocycles. The predicted octanol–water partition coefficient (Wildman–Crippen LogP) is 4.06. The van der Waals surface area contributed by atoms with E-state index in [9.17, 15) is 14.9 Å². The summed E-state index contributed by atoms with van der Waals surface area (Å²) in [4.78, 5) is 27.7. The number of aromatic nitrogens is 1. The van der Waals surface area contributed by atoms with Crippen LogP contribution in [-0.4, -0.2) is 36.1 Å². The number of aryl methyl sites for hydroxylation is 2. The lowest BCUT2D eigenvalue weighted by Crippen LogP contribution is -2.29. The first-order valence-electron chi connectivity index (χ1n) is 9.74. The van der Waals surface area contributed by atoms with E-state index in [0.29, 0.717) is 5.69 Å². The summed E-state index contributed by atoms with van der Waals surface area (Å²) in [7, 11) is 1.40. The second-order valence-corrected chi connectivity index (χ2v) is 7.59. The molecule has 0 atom stereocenters. The quantitative estimate of drug-likeness (QED) is 0.277. The molecule has 0 saturated carbocycles. The molecule has 10 heteroatoms. The number of thiazole rings is 1. The lowest BCUT2D eigenvalue weighted by Gasteiger charge is -2.14. The molecule has 0 aliphatic heterocycles. The number of hydrogen-bond donors (Lipinski definition) is 1. The molecule has 0 fully saturated rings. The van der Waals surface area contributed by atoms with Crippen molar-refractivity contribution in [3.8, 4) is 17.2 Å². The fraction of sp³-hybridized carbons (Fsp3) is 0.273. The van der Waals surface area contributed by atoms with E-state index in [-0.39, 0.29) is 42.5 Å². The van der Waals surface area contributed by atoms with Gasteiger partial charge in [0.1, 0.15) is 24.5 Å². The van der Waals surface area contributed by atoms with Crippen molar-refractivity contribution in [2.75, 3.05) is 20.3 Å². The maximum atomic E-state index is 12.7. The first-order chi connectivity index (χ1) is 15.4. The smallest absolute Gasteiger partial charge is 0.286 e. The number of methoxy groups -OCH3 is 1. The number of nitrogens with one attached hydrogen (secondary N) is 1. The predicted molar refractivity (Wildman–Crippen MR) is 120 cm³/mol. The zero-order valence-electron chi connectivity index (χ0n) is 17.9. The normalized spacial score (nSPS) is 10.5. The summed E-state index contributed by atoms with van der Waals surface area (Å²) >= 11 is 1.41. The molecule has 0 unspecified atom stereocenters. The Bertz CT molecular complexity index is 1080. The summed E-state index contributed by atoms with van der Waals surface area (Å²) in [6, 6.07) is 8.31. The number of rotatable bonds is 10. The van der Waals surface area contributed by atoms with Gasteiger partial charge in [0.05, 0.1) is 35.8 Å². The van der Waals surface area contributed by atoms with E-state index >= 15 is 0 Å². The molecule has 32 heavy (non-hydrogen) atoms. The van der Waals surface area contributed by atoms with Crippen LogP contribution in [0.15, 0.2) is 41.2 Å². The SMILES string of the molecule is COc1cc(C(=O)NCCOc2c(C)cccc2C)c([N+](=O)[O-])cc1OCc1cscn1. The third kappa shape index (κ3) is 5.52. The van der Waals surface area contributed by atoms with Crippen molar-refractivity contribution in [2.24, 2.45) is 0 Å². The molecule has 9 nitrogen and oxygen atoms in total. The number of carbonyl (C=O) groups excluding carboxylic acids is 1. The van der Waals surface area contributed by atoms with Gasteiger partial charge in [0.2, 0.25) is 0 Å². The molecule has 0 spiro atoms. The lowest BCUT2D eigenvalue weighted by molar-refractivity contribution is -0.385. The molecule has 0 radical (unpaired) electrons. The number of benzene rings is 2. The first-order valence-corrected chi connectivity index (χ1v) is 10.7. The van der Waals surface area contributed by atoms with Crippen LogP contribution >= 0.6 is 11.3 Å². The van der Waals surface area contributed by atoms with E-state index in [2.05, 4.69) is 10.3 Å². The molecule has 1 heterocycles. The first kappa shape index (κ1) is 23.0. The molecule has 0 bridgehead atoms. The van der Waals surface area contributed by atoms with Gasteiger partial charge in [-0.1, -0.05) is 18.2 Å². The summed E-state index contributed by atoms with van der Waals surface area (Å²) in [5.74, 6) is 0.520. The molecule has 168 valence electrons. The van der Waals surface area contributed by atoms with Crippen LogP contribution in [0.25, 0.3) is 0 Å². The molecule has 1 N–H and O–H groups in total. The van der Waals surface area contributed by atoms with E-state index in [1.54, 1.807) is 5.51 Å². The molecule has 3 rings (SSSR count). The van der Waals surface area contributed by atoms with Crippen molar-refractivity contribution < 1.29 is 23.9 Å². The third-order valence-electron chi connectivity index (χ3n) is 4.63. The molecule has 1 amide bonds. The Morgan fingerprint density at radius 1 is 1.19 bits per heavy atom. The molecule has 0 aliphatic carbocycles. The van der Waals surface area contributed by atoms with Gasteiger partial charge in [-0.2, -0.15) is 0 Å². The summed E-state index contributed by atoms with van der Waals surface area (Å²) in [5.41, 5.74) is 3.82. The van der Waals surface area contributed by atoms with Crippen LogP contribution in [0.4, 0.5) is 5.69 Å². The minimum absolute atomic E-state index is 0.123. The second-order valence-electron chi connectivity index (χ2n) is 6.87. The van der Waals surface area contributed by atoms with Gasteiger partial charge in [-0.05, 0) is 25.0 Å². The van der Waals surface area contributed by atoms with E-state index in [0.717, 1.165) is 16.9 Å². The maximum absolute atomic E-state index is 12.7.